The van der Waals surface area contributed by atoms with E-state index >= 15 is 0 Å². The number of carbonyl (C=O) groups excluding carboxylic acids is 1. The largest absolute Gasteiger partial charge is 0.351 e. The number of hydrogen-bond acceptors (Lipinski definition) is 4. The molecule has 1 heterocycles. The van der Waals surface area contributed by atoms with Crippen LogP contribution in [0.15, 0.2) is 41.4 Å². The van der Waals surface area contributed by atoms with Gasteiger partial charge in [0.15, 0.2) is 0 Å². The Kier molecular flexibility index (Phi) is 5.93. The van der Waals surface area contributed by atoms with Crippen LogP contribution in [0.2, 0.25) is 5.15 Å². The van der Waals surface area contributed by atoms with Gasteiger partial charge in [-0.2, -0.15) is 0 Å². The molecule has 2 rings (SSSR count). The summed E-state index contributed by atoms with van der Waals surface area (Å²) in [5.41, 5.74) is 1.89. The molecule has 0 atom stereocenters. The summed E-state index contributed by atoms with van der Waals surface area (Å²) in [5.74, 6) is -0.342. The standard InChI is InChI=1S/C16H18ClN3O3S/c1-11-3-4-12(2)14(9-11)24(22,23)20-8-7-18-16(21)13-5-6-15(17)19-10-13/h3-6,9-10,20H,7-8H2,1-2H3,(H,18,21). The zero-order valence-corrected chi connectivity index (χ0v) is 14.9. The van der Waals surface area contributed by atoms with E-state index in [1.165, 1.54) is 12.3 Å². The van der Waals surface area contributed by atoms with Crippen LogP contribution < -0.4 is 10.0 Å². The van der Waals surface area contributed by atoms with E-state index in [0.29, 0.717) is 16.3 Å². The average Bonchev–Trinajstić information content (AvgIpc) is 2.54. The molecule has 8 heteroatoms. The van der Waals surface area contributed by atoms with Crippen LogP contribution in [0, 0.1) is 13.8 Å². The van der Waals surface area contributed by atoms with Gasteiger partial charge in [0.2, 0.25) is 10.0 Å². The maximum atomic E-state index is 12.3. The third kappa shape index (κ3) is 4.77. The first-order valence-corrected chi connectivity index (χ1v) is 9.12. The van der Waals surface area contributed by atoms with E-state index in [9.17, 15) is 13.2 Å². The van der Waals surface area contributed by atoms with Crippen molar-refractivity contribution in [3.63, 3.8) is 0 Å². The highest BCUT2D eigenvalue weighted by atomic mass is 35.5. The highest BCUT2D eigenvalue weighted by Crippen LogP contribution is 2.16. The Balaban J connectivity index is 1.90. The first kappa shape index (κ1) is 18.4. The molecule has 24 heavy (non-hydrogen) atoms. The molecule has 0 radical (unpaired) electrons. The number of aromatic nitrogens is 1. The molecule has 0 spiro atoms. The van der Waals surface area contributed by atoms with Crippen LogP contribution in [-0.4, -0.2) is 32.4 Å². The molecule has 2 aromatic rings. The molecular weight excluding hydrogens is 350 g/mol. The number of hydrogen-bond donors (Lipinski definition) is 2. The van der Waals surface area contributed by atoms with E-state index in [2.05, 4.69) is 15.0 Å². The quantitative estimate of drug-likeness (QED) is 0.604. The minimum Gasteiger partial charge on any atom is -0.351 e. The van der Waals surface area contributed by atoms with E-state index in [-0.39, 0.29) is 23.9 Å². The molecule has 128 valence electrons. The van der Waals surface area contributed by atoms with Crippen molar-refractivity contribution in [1.82, 2.24) is 15.0 Å². The topological polar surface area (TPSA) is 88.2 Å². The van der Waals surface area contributed by atoms with Gasteiger partial charge in [-0.05, 0) is 43.2 Å². The number of amides is 1. The second-order valence-electron chi connectivity index (χ2n) is 5.29. The highest BCUT2D eigenvalue weighted by molar-refractivity contribution is 7.89. The molecule has 0 unspecified atom stereocenters. The van der Waals surface area contributed by atoms with Crippen molar-refractivity contribution in [3.8, 4) is 0 Å². The van der Waals surface area contributed by atoms with Gasteiger partial charge in [0.1, 0.15) is 5.15 Å². The molecule has 0 aliphatic rings. The van der Waals surface area contributed by atoms with Crippen LogP contribution in [-0.2, 0) is 10.0 Å². The molecule has 0 bridgehead atoms. The number of carbonyl (C=O) groups is 1. The van der Waals surface area contributed by atoms with Gasteiger partial charge >= 0.3 is 0 Å². The van der Waals surface area contributed by atoms with Crippen LogP contribution in [0.25, 0.3) is 0 Å². The lowest BCUT2D eigenvalue weighted by molar-refractivity contribution is 0.0954. The van der Waals surface area contributed by atoms with Crippen LogP contribution >= 0.6 is 11.6 Å². The lowest BCUT2D eigenvalue weighted by atomic mass is 10.2. The van der Waals surface area contributed by atoms with Crippen molar-refractivity contribution in [2.24, 2.45) is 0 Å². The average molecular weight is 368 g/mol. The van der Waals surface area contributed by atoms with Gasteiger partial charge in [0, 0.05) is 19.3 Å². The number of aryl methyl sites for hydroxylation is 2. The van der Waals surface area contributed by atoms with Crippen LogP contribution in [0.4, 0.5) is 0 Å². The lowest BCUT2D eigenvalue weighted by Gasteiger charge is -2.10. The van der Waals surface area contributed by atoms with Crippen molar-refractivity contribution in [2.75, 3.05) is 13.1 Å². The Morgan fingerprint density at radius 2 is 1.92 bits per heavy atom. The summed E-state index contributed by atoms with van der Waals surface area (Å²) in [4.78, 5) is 15.9. The maximum Gasteiger partial charge on any atom is 0.252 e. The summed E-state index contributed by atoms with van der Waals surface area (Å²) in [6.07, 6.45) is 1.36. The van der Waals surface area contributed by atoms with E-state index in [0.717, 1.165) is 5.56 Å². The van der Waals surface area contributed by atoms with Crippen molar-refractivity contribution < 1.29 is 13.2 Å². The molecule has 0 aliphatic carbocycles. The minimum absolute atomic E-state index is 0.0858. The number of halogens is 1. The fourth-order valence-corrected chi connectivity index (χ4v) is 3.52. The maximum absolute atomic E-state index is 12.3. The monoisotopic (exact) mass is 367 g/mol. The van der Waals surface area contributed by atoms with Gasteiger partial charge in [-0.1, -0.05) is 23.7 Å². The molecular formula is C16H18ClN3O3S. The number of benzene rings is 1. The molecule has 0 saturated heterocycles. The number of sulfonamides is 1. The first-order valence-electron chi connectivity index (χ1n) is 7.26. The fraction of sp³-hybridized carbons (Fsp3) is 0.250. The Bertz CT molecular complexity index is 836. The normalized spacial score (nSPS) is 11.3. The summed E-state index contributed by atoms with van der Waals surface area (Å²) in [7, 11) is -3.61. The molecule has 2 N–H and O–H groups in total. The highest BCUT2D eigenvalue weighted by Gasteiger charge is 2.16. The first-order chi connectivity index (χ1) is 11.3. The van der Waals surface area contributed by atoms with Gasteiger partial charge in [0.05, 0.1) is 10.5 Å². The summed E-state index contributed by atoms with van der Waals surface area (Å²) in [6, 6.07) is 8.30. The second kappa shape index (κ2) is 7.74. The fourth-order valence-electron chi connectivity index (χ4n) is 2.05. The van der Waals surface area contributed by atoms with Crippen molar-refractivity contribution in [2.45, 2.75) is 18.7 Å². The zero-order valence-electron chi connectivity index (χ0n) is 13.3. The SMILES string of the molecule is Cc1ccc(C)c(S(=O)(=O)NCCNC(=O)c2ccc(Cl)nc2)c1. The molecule has 0 fully saturated rings. The van der Waals surface area contributed by atoms with Gasteiger partial charge in [-0.3, -0.25) is 4.79 Å². The van der Waals surface area contributed by atoms with Gasteiger partial charge in [0.25, 0.3) is 5.91 Å². The number of pyridine rings is 1. The molecule has 1 aromatic carbocycles. The molecule has 0 aliphatic heterocycles. The van der Waals surface area contributed by atoms with Crippen LogP contribution in [0.1, 0.15) is 21.5 Å². The third-order valence-electron chi connectivity index (χ3n) is 3.33. The number of nitrogens with zero attached hydrogens (tertiary/aromatic N) is 1. The van der Waals surface area contributed by atoms with E-state index in [1.807, 2.05) is 13.0 Å². The smallest absolute Gasteiger partial charge is 0.252 e. The van der Waals surface area contributed by atoms with Gasteiger partial charge in [-0.15, -0.1) is 0 Å². The van der Waals surface area contributed by atoms with E-state index in [4.69, 9.17) is 11.6 Å². The van der Waals surface area contributed by atoms with Gasteiger partial charge in [-0.25, -0.2) is 18.1 Å². The van der Waals surface area contributed by atoms with Crippen LogP contribution in [0.3, 0.4) is 0 Å². The van der Waals surface area contributed by atoms with Gasteiger partial charge < -0.3 is 5.32 Å². The molecule has 6 nitrogen and oxygen atoms in total. The summed E-state index contributed by atoms with van der Waals surface area (Å²) < 4.78 is 27.1. The Hall–Kier alpha value is -1.96. The minimum atomic E-state index is -3.61. The Morgan fingerprint density at radius 3 is 2.58 bits per heavy atom. The summed E-state index contributed by atoms with van der Waals surface area (Å²) >= 11 is 5.66. The number of nitrogens with one attached hydrogen (secondary N) is 2. The predicted octanol–water partition coefficient (Wildman–Crippen LogP) is 2.06. The Morgan fingerprint density at radius 1 is 1.17 bits per heavy atom. The van der Waals surface area contributed by atoms with Crippen molar-refractivity contribution in [1.29, 1.82) is 0 Å². The number of rotatable bonds is 6. The Labute approximate surface area is 146 Å². The van der Waals surface area contributed by atoms with Crippen molar-refractivity contribution >= 4 is 27.5 Å². The van der Waals surface area contributed by atoms with E-state index < -0.39 is 10.0 Å². The van der Waals surface area contributed by atoms with Crippen LogP contribution in [0.5, 0.6) is 0 Å². The lowest BCUT2D eigenvalue weighted by Crippen LogP contribution is -2.35. The third-order valence-corrected chi connectivity index (χ3v) is 5.15. The predicted molar refractivity (Wildman–Crippen MR) is 92.7 cm³/mol. The van der Waals surface area contributed by atoms with E-state index in [1.54, 1.807) is 25.1 Å². The molecule has 0 saturated carbocycles. The summed E-state index contributed by atoms with van der Waals surface area (Å²) in [5, 5.41) is 2.92. The van der Waals surface area contributed by atoms with Crippen molar-refractivity contribution in [3.05, 3.63) is 58.4 Å². The molecule has 1 aromatic heterocycles. The zero-order chi connectivity index (χ0) is 17.7. The molecule has 1 amide bonds. The second-order valence-corrected chi connectivity index (χ2v) is 7.41. The summed E-state index contributed by atoms with van der Waals surface area (Å²) in [6.45, 7) is 3.82.